The Morgan fingerprint density at radius 2 is 1.60 bits per heavy atom. The number of carbonyl (C=O) groups is 2. The lowest BCUT2D eigenvalue weighted by atomic mass is 9.85. The number of halogens is 6. The number of ether oxygens (including phenoxy) is 1. The van der Waals surface area contributed by atoms with Crippen LogP contribution in [0.4, 0.5) is 26.3 Å². The molecule has 2 aromatic carbocycles. The van der Waals surface area contributed by atoms with Gasteiger partial charge < -0.3 is 34.4 Å². The van der Waals surface area contributed by atoms with Crippen LogP contribution in [0, 0.1) is 5.41 Å². The summed E-state index contributed by atoms with van der Waals surface area (Å²) in [7, 11) is 0. The fourth-order valence-electron chi connectivity index (χ4n) is 5.47. The Morgan fingerprint density at radius 3 is 2.21 bits per heavy atom. The van der Waals surface area contributed by atoms with E-state index in [1.165, 1.54) is 12.1 Å². The van der Waals surface area contributed by atoms with Gasteiger partial charge in [-0.05, 0) is 18.9 Å². The summed E-state index contributed by atoms with van der Waals surface area (Å²) in [4.78, 5) is 24.9. The van der Waals surface area contributed by atoms with Gasteiger partial charge in [-0.3, -0.25) is 4.79 Å². The fraction of sp³-hybridized carbons (Fsp3) is 0.367. The Kier molecular flexibility index (Phi) is 9.50. The number of hydrogen-bond donors (Lipinski definition) is 4. The average Bonchev–Trinajstić information content (AvgIpc) is 3.81. The molecule has 1 saturated carbocycles. The van der Waals surface area contributed by atoms with Crippen molar-refractivity contribution in [2.24, 2.45) is 5.41 Å². The van der Waals surface area contributed by atoms with Crippen LogP contribution in [-0.4, -0.2) is 67.9 Å². The molecule has 4 N–H and O–H groups in total. The predicted octanol–water partition coefficient (Wildman–Crippen LogP) is 5.74. The summed E-state index contributed by atoms with van der Waals surface area (Å²) in [5.74, 6) is -4.47. The van der Waals surface area contributed by atoms with Crippen LogP contribution in [0.2, 0.25) is 0 Å². The molecule has 0 unspecified atom stereocenters. The molecule has 0 bridgehead atoms. The smallest absolute Gasteiger partial charge is 0.490 e. The third-order valence-corrected chi connectivity index (χ3v) is 7.99. The first-order chi connectivity index (χ1) is 22.6. The van der Waals surface area contributed by atoms with E-state index in [-0.39, 0.29) is 24.5 Å². The van der Waals surface area contributed by atoms with E-state index in [4.69, 9.17) is 23.7 Å². The Bertz CT molecular complexity index is 1770. The summed E-state index contributed by atoms with van der Waals surface area (Å²) >= 11 is 0. The van der Waals surface area contributed by atoms with Crippen LogP contribution in [0.25, 0.3) is 34.3 Å². The number of carboxylic acid groups (broad SMARTS) is 2. The van der Waals surface area contributed by atoms with E-state index in [0.717, 1.165) is 12.8 Å². The van der Waals surface area contributed by atoms with E-state index in [2.05, 4.69) is 20.6 Å². The Labute approximate surface area is 266 Å². The lowest BCUT2D eigenvalue weighted by Crippen LogP contribution is -2.48. The van der Waals surface area contributed by atoms with Crippen LogP contribution in [0.1, 0.15) is 42.9 Å². The van der Waals surface area contributed by atoms with Crippen LogP contribution >= 0.6 is 0 Å². The monoisotopic (exact) mass is 684 g/mol. The lowest BCUT2D eigenvalue weighted by Gasteiger charge is -2.34. The van der Waals surface area contributed by atoms with Gasteiger partial charge in [-0.25, -0.2) is 4.79 Å². The lowest BCUT2D eigenvalue weighted by molar-refractivity contribution is -0.192. The van der Waals surface area contributed by atoms with Crippen LogP contribution < -0.4 is 10.1 Å². The zero-order valence-electron chi connectivity index (χ0n) is 24.5. The summed E-state index contributed by atoms with van der Waals surface area (Å²) in [5.41, 5.74) is -1.30. The maximum absolute atomic E-state index is 14.0. The first-order valence-corrected chi connectivity index (χ1v) is 14.3. The average molecular weight is 685 g/mol. The van der Waals surface area contributed by atoms with Gasteiger partial charge in [0.05, 0.1) is 11.5 Å². The minimum absolute atomic E-state index is 0.0171. The van der Waals surface area contributed by atoms with Crippen molar-refractivity contribution in [1.82, 2.24) is 20.6 Å². The van der Waals surface area contributed by atoms with Crippen molar-refractivity contribution in [1.29, 1.82) is 0 Å². The number of nitrogens with one attached hydrogen (secondary N) is 1. The molecule has 0 saturated heterocycles. The van der Waals surface area contributed by atoms with E-state index in [9.17, 15) is 41.4 Å². The van der Waals surface area contributed by atoms with Crippen LogP contribution in [0.3, 0.4) is 0 Å². The quantitative estimate of drug-likeness (QED) is 0.174. The standard InChI is InChI=1S/C28H25F3N4O6.C2HF3O2/c29-28(30,31)20-21(15-6-2-1-3-7-15)34-40-23(20)25-33-24(35-41-25)16-8-9-17-19(12-16)39-13-18(22(17)36)32-14-27(26(37)38)10-4-5-11-27;3-2(4,5)1(6)7/h1-3,6-9,12,18,22,32,36H,4-5,10-11,13-14H2,(H,37,38);(H,6,7)/t18-,22+;/m1./s1. The third kappa shape index (κ3) is 7.13. The number of aliphatic hydroxyl groups is 1. The van der Waals surface area contributed by atoms with E-state index in [0.29, 0.717) is 29.7 Å². The highest BCUT2D eigenvalue weighted by Gasteiger charge is 2.44. The number of aliphatic carboxylic acids is 2. The van der Waals surface area contributed by atoms with Crippen molar-refractivity contribution in [3.05, 3.63) is 59.7 Å². The number of nitrogens with zero attached hydrogens (tertiary/aromatic N) is 3. The van der Waals surface area contributed by atoms with E-state index >= 15 is 0 Å². The molecule has 18 heteroatoms. The van der Waals surface area contributed by atoms with Gasteiger partial charge >= 0.3 is 24.3 Å². The molecule has 0 amide bonds. The molecule has 12 nitrogen and oxygen atoms in total. The topological polar surface area (TPSA) is 181 Å². The minimum atomic E-state index is -5.08. The maximum Gasteiger partial charge on any atom is 0.490 e. The summed E-state index contributed by atoms with van der Waals surface area (Å²) in [6, 6.07) is 12.0. The van der Waals surface area contributed by atoms with Gasteiger partial charge in [-0.2, -0.15) is 31.3 Å². The Balaban J connectivity index is 0.000000582. The second kappa shape index (κ2) is 13.3. The van der Waals surface area contributed by atoms with E-state index in [1.54, 1.807) is 36.4 Å². The number of aromatic nitrogens is 3. The SMILES string of the molecule is O=C(O)C(F)(F)F.O=C(O)C1(CN[C@@H]2COc3cc(-c4noc(-c5onc(-c6ccccc6)c5C(F)(F)F)n4)ccc3[C@@H]2O)CCCC1. The molecule has 6 rings (SSSR count). The molecule has 2 aliphatic rings. The molecule has 0 spiro atoms. The van der Waals surface area contributed by atoms with Crippen molar-refractivity contribution in [2.45, 2.75) is 50.2 Å². The zero-order valence-corrected chi connectivity index (χ0v) is 24.5. The summed E-state index contributed by atoms with van der Waals surface area (Å²) in [5, 5.41) is 38.4. The van der Waals surface area contributed by atoms with E-state index in [1.807, 2.05) is 0 Å². The minimum Gasteiger partial charge on any atom is -0.491 e. The molecule has 256 valence electrons. The number of rotatable bonds is 7. The highest BCUT2D eigenvalue weighted by Crippen LogP contribution is 2.44. The molecule has 48 heavy (non-hydrogen) atoms. The maximum atomic E-state index is 14.0. The molecule has 2 atom stereocenters. The Morgan fingerprint density at radius 1 is 0.938 bits per heavy atom. The van der Waals surface area contributed by atoms with Gasteiger partial charge in [0.25, 0.3) is 5.89 Å². The highest BCUT2D eigenvalue weighted by atomic mass is 19.4. The van der Waals surface area contributed by atoms with Crippen molar-refractivity contribution in [3.8, 4) is 40.0 Å². The first-order valence-electron chi connectivity index (χ1n) is 14.3. The second-order valence-corrected chi connectivity index (χ2v) is 11.1. The molecule has 2 aromatic heterocycles. The van der Waals surface area contributed by atoms with Gasteiger partial charge in [0.2, 0.25) is 11.6 Å². The van der Waals surface area contributed by atoms with Crippen molar-refractivity contribution < 1.29 is 65.0 Å². The fourth-order valence-corrected chi connectivity index (χ4v) is 5.47. The van der Waals surface area contributed by atoms with Gasteiger partial charge in [0.1, 0.15) is 29.7 Å². The number of benzene rings is 2. The summed E-state index contributed by atoms with van der Waals surface area (Å²) in [6.45, 7) is 0.306. The van der Waals surface area contributed by atoms with Gasteiger partial charge in [-0.1, -0.05) is 65.6 Å². The van der Waals surface area contributed by atoms with Gasteiger partial charge in [0, 0.05) is 23.2 Å². The molecule has 4 aromatic rings. The number of carboxylic acids is 2. The summed E-state index contributed by atoms with van der Waals surface area (Å²) < 4.78 is 89.9. The van der Waals surface area contributed by atoms with Crippen LogP contribution in [0.15, 0.2) is 57.6 Å². The first kappa shape index (κ1) is 34.4. The number of fused-ring (bicyclic) bond motifs is 1. The van der Waals surface area contributed by atoms with Crippen LogP contribution in [0.5, 0.6) is 5.75 Å². The van der Waals surface area contributed by atoms with Crippen molar-refractivity contribution >= 4 is 11.9 Å². The van der Waals surface area contributed by atoms with Crippen LogP contribution in [-0.2, 0) is 15.8 Å². The predicted molar refractivity (Wildman–Crippen MR) is 150 cm³/mol. The highest BCUT2D eigenvalue weighted by molar-refractivity contribution is 5.75. The third-order valence-electron chi connectivity index (χ3n) is 7.99. The summed E-state index contributed by atoms with van der Waals surface area (Å²) in [6.07, 6.45) is -8.00. The molecule has 1 fully saturated rings. The largest absolute Gasteiger partial charge is 0.491 e. The number of alkyl halides is 6. The number of aliphatic hydroxyl groups excluding tert-OH is 1. The molecular formula is C30H26F6N4O8. The Hall–Kier alpha value is -4.97. The molecule has 1 aliphatic heterocycles. The van der Waals surface area contributed by atoms with Crippen molar-refractivity contribution in [3.63, 3.8) is 0 Å². The zero-order chi connectivity index (χ0) is 34.9. The van der Waals surface area contributed by atoms with E-state index < -0.39 is 64.8 Å². The van der Waals surface area contributed by atoms with Gasteiger partial charge in [-0.15, -0.1) is 0 Å². The molecule has 1 aliphatic carbocycles. The molecule has 0 radical (unpaired) electrons. The normalized spacial score (nSPS) is 18.7. The van der Waals surface area contributed by atoms with Crippen molar-refractivity contribution in [2.75, 3.05) is 13.2 Å². The number of hydrogen-bond acceptors (Lipinski definition) is 10. The molecular weight excluding hydrogens is 658 g/mol. The van der Waals surface area contributed by atoms with Gasteiger partial charge in [0.15, 0.2) is 0 Å². The molecule has 3 heterocycles. The second-order valence-electron chi connectivity index (χ2n) is 11.1.